The smallest absolute Gasteiger partial charge is 0.0462 e. The molecule has 2 heteroatoms. The molecule has 0 saturated heterocycles. The van der Waals surface area contributed by atoms with E-state index in [9.17, 15) is 0 Å². The number of hydrogen-bond acceptors (Lipinski definition) is 2. The lowest BCUT2D eigenvalue weighted by Gasteiger charge is -2.27. The van der Waals surface area contributed by atoms with Crippen LogP contribution in [0.15, 0.2) is 189 Å². The van der Waals surface area contributed by atoms with Crippen molar-refractivity contribution in [2.45, 2.75) is 27.2 Å². The van der Waals surface area contributed by atoms with Gasteiger partial charge in [0.15, 0.2) is 0 Å². The van der Waals surface area contributed by atoms with E-state index in [-0.39, 0.29) is 0 Å². The highest BCUT2D eigenvalue weighted by molar-refractivity contribution is 5.76. The van der Waals surface area contributed by atoms with Crippen molar-refractivity contribution in [1.82, 2.24) is 0 Å². The molecule has 0 aliphatic carbocycles. The second-order valence-corrected chi connectivity index (χ2v) is 10.3. The number of hydrogen-bond donors (Lipinski definition) is 0. The molecule has 0 atom stereocenters. The zero-order valence-electron chi connectivity index (χ0n) is 26.2. The van der Waals surface area contributed by atoms with Gasteiger partial charge in [-0.15, -0.1) is 0 Å². The fourth-order valence-electron chi connectivity index (χ4n) is 5.28. The molecule has 0 fully saturated rings. The second kappa shape index (κ2) is 15.8. The van der Waals surface area contributed by atoms with E-state index in [2.05, 4.69) is 147 Å². The molecule has 0 aromatic heterocycles. The standard InChI is InChI=1S/C42H42N2/c1-7-15-33(6)43(39(17-9-3)18-10-4)41-29-25-36(26-30-41)34-21-23-35(24-22-34)37-27-31-42(32-28-37)44(38(11-5)16-8-2)40-19-13-12-14-20-40/h8-32H,2-3,5,7H2,1,4,6H3/b18-10-,33-15+,38-16+,39-17+. The summed E-state index contributed by atoms with van der Waals surface area (Å²) in [5.74, 6) is 0. The van der Waals surface area contributed by atoms with Gasteiger partial charge in [0.25, 0.3) is 0 Å². The summed E-state index contributed by atoms with van der Waals surface area (Å²) >= 11 is 0. The molecule has 0 saturated carbocycles. The molecule has 4 rings (SSSR count). The lowest BCUT2D eigenvalue weighted by atomic mass is 9.99. The molecular weight excluding hydrogens is 532 g/mol. The summed E-state index contributed by atoms with van der Waals surface area (Å²) in [5.41, 5.74) is 11.2. The molecule has 0 amide bonds. The average molecular weight is 575 g/mol. The molecule has 0 radical (unpaired) electrons. The first-order valence-electron chi connectivity index (χ1n) is 15.1. The van der Waals surface area contributed by atoms with Gasteiger partial charge in [-0.2, -0.15) is 0 Å². The Morgan fingerprint density at radius 2 is 1.07 bits per heavy atom. The zero-order chi connectivity index (χ0) is 31.3. The number of para-hydroxylation sites is 1. The van der Waals surface area contributed by atoms with Gasteiger partial charge in [-0.25, -0.2) is 0 Å². The lowest BCUT2D eigenvalue weighted by molar-refractivity contribution is 1.06. The first-order chi connectivity index (χ1) is 21.5. The normalized spacial score (nSPS) is 12.2. The molecule has 0 unspecified atom stereocenters. The number of nitrogens with zero attached hydrogens (tertiary/aromatic N) is 2. The monoisotopic (exact) mass is 574 g/mol. The number of rotatable bonds is 13. The van der Waals surface area contributed by atoms with Crippen molar-refractivity contribution in [3.8, 4) is 22.3 Å². The van der Waals surface area contributed by atoms with E-state index in [0.29, 0.717) is 0 Å². The van der Waals surface area contributed by atoms with E-state index in [1.54, 1.807) is 6.08 Å². The Morgan fingerprint density at radius 3 is 1.52 bits per heavy atom. The minimum absolute atomic E-state index is 0.962. The molecule has 4 aromatic rings. The van der Waals surface area contributed by atoms with Crippen molar-refractivity contribution in [1.29, 1.82) is 0 Å². The largest absolute Gasteiger partial charge is 0.315 e. The van der Waals surface area contributed by atoms with Crippen molar-refractivity contribution in [3.05, 3.63) is 189 Å². The molecular formula is C42H42N2. The van der Waals surface area contributed by atoms with Crippen LogP contribution in [0.25, 0.3) is 22.3 Å². The molecule has 4 aromatic carbocycles. The van der Waals surface area contributed by atoms with Crippen LogP contribution >= 0.6 is 0 Å². The highest BCUT2D eigenvalue weighted by Gasteiger charge is 2.14. The number of anilines is 3. The van der Waals surface area contributed by atoms with Crippen LogP contribution in [0.4, 0.5) is 17.1 Å². The van der Waals surface area contributed by atoms with Crippen LogP contribution in [0.3, 0.4) is 0 Å². The summed E-state index contributed by atoms with van der Waals surface area (Å²) in [6.45, 7) is 18.2. The molecule has 2 nitrogen and oxygen atoms in total. The topological polar surface area (TPSA) is 6.48 Å². The van der Waals surface area contributed by atoms with Gasteiger partial charge < -0.3 is 9.80 Å². The number of allylic oxidation sites excluding steroid dienone is 9. The van der Waals surface area contributed by atoms with Crippen molar-refractivity contribution in [2.24, 2.45) is 0 Å². The summed E-state index contributed by atoms with van der Waals surface area (Å²) in [6, 6.07) is 36.5. The summed E-state index contributed by atoms with van der Waals surface area (Å²) in [4.78, 5) is 4.45. The molecule has 0 bridgehead atoms. The fraction of sp³-hybridized carbons (Fsp3) is 0.0952. The van der Waals surface area contributed by atoms with Crippen molar-refractivity contribution in [3.63, 3.8) is 0 Å². The van der Waals surface area contributed by atoms with Crippen LogP contribution < -0.4 is 9.80 Å². The van der Waals surface area contributed by atoms with E-state index < -0.39 is 0 Å². The third-order valence-corrected chi connectivity index (χ3v) is 7.31. The lowest BCUT2D eigenvalue weighted by Crippen LogP contribution is -2.19. The van der Waals surface area contributed by atoms with E-state index in [0.717, 1.165) is 40.4 Å². The van der Waals surface area contributed by atoms with Crippen LogP contribution in [0, 0.1) is 0 Å². The maximum absolute atomic E-state index is 4.03. The van der Waals surface area contributed by atoms with Crippen LogP contribution in [0.1, 0.15) is 27.2 Å². The average Bonchev–Trinajstić information content (AvgIpc) is 3.06. The third-order valence-electron chi connectivity index (χ3n) is 7.31. The zero-order valence-corrected chi connectivity index (χ0v) is 26.2. The maximum atomic E-state index is 4.03. The quantitative estimate of drug-likeness (QED) is 0.147. The van der Waals surface area contributed by atoms with Crippen molar-refractivity contribution < 1.29 is 0 Å². The Balaban J connectivity index is 1.59. The van der Waals surface area contributed by atoms with E-state index in [1.165, 1.54) is 22.4 Å². The predicted molar refractivity (Wildman–Crippen MR) is 194 cm³/mol. The van der Waals surface area contributed by atoms with E-state index >= 15 is 0 Å². The van der Waals surface area contributed by atoms with Gasteiger partial charge >= 0.3 is 0 Å². The SMILES string of the molecule is C=C/C=C(\C=C/C)N(/C(C)=C/CC)c1ccc(-c2ccc(-c3ccc(N(/C(C=C)=C/C=C)c4ccccc4)cc3)cc2)cc1. The van der Waals surface area contributed by atoms with Gasteiger partial charge in [0.05, 0.1) is 0 Å². The van der Waals surface area contributed by atoms with Crippen LogP contribution in [-0.4, -0.2) is 0 Å². The Labute approximate surface area is 264 Å². The first-order valence-corrected chi connectivity index (χ1v) is 15.1. The molecule has 220 valence electrons. The first kappa shape index (κ1) is 31.6. The minimum Gasteiger partial charge on any atom is -0.315 e. The van der Waals surface area contributed by atoms with Gasteiger partial charge in [-0.1, -0.05) is 118 Å². The van der Waals surface area contributed by atoms with Crippen LogP contribution in [-0.2, 0) is 0 Å². The Morgan fingerprint density at radius 1 is 0.614 bits per heavy atom. The predicted octanol–water partition coefficient (Wildman–Crippen LogP) is 12.2. The Hall–Kier alpha value is -5.34. The van der Waals surface area contributed by atoms with Crippen molar-refractivity contribution in [2.75, 3.05) is 9.80 Å². The summed E-state index contributed by atoms with van der Waals surface area (Å²) in [6.07, 6.45) is 16.9. The summed E-state index contributed by atoms with van der Waals surface area (Å²) in [7, 11) is 0. The summed E-state index contributed by atoms with van der Waals surface area (Å²) < 4.78 is 0. The Bertz CT molecular complexity index is 1660. The van der Waals surface area contributed by atoms with Gasteiger partial charge in [-0.05, 0) is 103 Å². The highest BCUT2D eigenvalue weighted by Crippen LogP contribution is 2.33. The third kappa shape index (κ3) is 7.53. The van der Waals surface area contributed by atoms with Gasteiger partial charge in [-0.3, -0.25) is 0 Å². The molecule has 0 heterocycles. The minimum atomic E-state index is 0.962. The van der Waals surface area contributed by atoms with E-state index in [4.69, 9.17) is 0 Å². The summed E-state index contributed by atoms with van der Waals surface area (Å²) in [5, 5.41) is 0. The molecule has 0 aliphatic rings. The highest BCUT2D eigenvalue weighted by atomic mass is 15.2. The van der Waals surface area contributed by atoms with Crippen LogP contribution in [0.2, 0.25) is 0 Å². The van der Waals surface area contributed by atoms with Gasteiger partial charge in [0, 0.05) is 34.2 Å². The van der Waals surface area contributed by atoms with Gasteiger partial charge in [0.1, 0.15) is 0 Å². The van der Waals surface area contributed by atoms with E-state index in [1.807, 2.05) is 49.4 Å². The molecule has 44 heavy (non-hydrogen) atoms. The van der Waals surface area contributed by atoms with Gasteiger partial charge in [0.2, 0.25) is 0 Å². The molecule has 0 N–H and O–H groups in total. The maximum Gasteiger partial charge on any atom is 0.0462 e. The molecule has 0 aliphatic heterocycles. The number of benzene rings is 4. The second-order valence-electron chi connectivity index (χ2n) is 10.3. The van der Waals surface area contributed by atoms with Crippen molar-refractivity contribution >= 4 is 17.1 Å². The Kier molecular flexibility index (Phi) is 11.3. The fourth-order valence-corrected chi connectivity index (χ4v) is 5.28. The van der Waals surface area contributed by atoms with Crippen LogP contribution in [0.5, 0.6) is 0 Å². The molecule has 0 spiro atoms.